The first-order chi connectivity index (χ1) is 6.27. The van der Waals surface area contributed by atoms with Gasteiger partial charge >= 0.3 is 0 Å². The lowest BCUT2D eigenvalue weighted by Crippen LogP contribution is -2.20. The van der Waals surface area contributed by atoms with Crippen molar-refractivity contribution in [2.75, 3.05) is 20.0 Å². The van der Waals surface area contributed by atoms with E-state index in [2.05, 4.69) is 0 Å². The van der Waals surface area contributed by atoms with Crippen LogP contribution in [-0.2, 0) is 20.3 Å². The lowest BCUT2D eigenvalue weighted by Gasteiger charge is -2.11. The molecule has 13 heavy (non-hydrogen) atoms. The summed E-state index contributed by atoms with van der Waals surface area (Å²) in [6.07, 6.45) is -0.386. The summed E-state index contributed by atoms with van der Waals surface area (Å²) in [5, 5.41) is 1.90. The van der Waals surface area contributed by atoms with Crippen molar-refractivity contribution in [1.82, 2.24) is 0 Å². The molecule has 0 fully saturated rings. The number of methoxy groups -OCH3 is 2. The predicted molar refractivity (Wildman–Crippen MR) is 53.4 cm³/mol. The molecule has 0 aromatic carbocycles. The normalized spacial score (nSPS) is 13.5. The third-order valence-electron chi connectivity index (χ3n) is 1.53. The average molecular weight is 220 g/mol. The highest BCUT2D eigenvalue weighted by molar-refractivity contribution is 7.87. The van der Waals surface area contributed by atoms with Crippen LogP contribution >= 0.6 is 11.3 Å². The Morgan fingerprint density at radius 3 is 2.69 bits per heavy atom. The van der Waals surface area contributed by atoms with Crippen molar-refractivity contribution in [3.05, 3.63) is 17.5 Å². The first kappa shape index (κ1) is 10.8. The van der Waals surface area contributed by atoms with Gasteiger partial charge in [0.05, 0.1) is 20.8 Å². The van der Waals surface area contributed by atoms with Gasteiger partial charge in [0, 0.05) is 14.2 Å². The van der Waals surface area contributed by atoms with Gasteiger partial charge in [-0.15, -0.1) is 11.3 Å². The van der Waals surface area contributed by atoms with Crippen LogP contribution in [0.15, 0.2) is 21.7 Å². The van der Waals surface area contributed by atoms with Crippen molar-refractivity contribution >= 4 is 22.1 Å². The second-order valence-corrected chi connectivity index (χ2v) is 5.02. The number of hydrogen-bond donors (Lipinski definition) is 0. The van der Waals surface area contributed by atoms with E-state index in [1.807, 2.05) is 17.5 Å². The van der Waals surface area contributed by atoms with Gasteiger partial charge in [-0.1, -0.05) is 6.07 Å². The number of ether oxygens (including phenoxy) is 2. The highest BCUT2D eigenvalue weighted by atomic mass is 32.2. The molecule has 0 amide bonds. The molecule has 0 radical (unpaired) electrons. The molecule has 74 valence electrons. The molecule has 0 N–H and O–H groups in total. The molecule has 0 saturated heterocycles. The Morgan fingerprint density at radius 1 is 1.54 bits per heavy atom. The Morgan fingerprint density at radius 2 is 2.23 bits per heavy atom. The Bertz CT molecular complexity index is 254. The summed E-state index contributed by atoms with van der Waals surface area (Å²) in [6, 6.07) is 3.73. The van der Waals surface area contributed by atoms with Crippen LogP contribution in [0, 0.1) is 0 Å². The fourth-order valence-corrected chi connectivity index (χ4v) is 2.99. The summed E-state index contributed by atoms with van der Waals surface area (Å²) in [4.78, 5) is 0. The van der Waals surface area contributed by atoms with Crippen LogP contribution < -0.4 is 0 Å². The van der Waals surface area contributed by atoms with Crippen LogP contribution in [0.4, 0.5) is 0 Å². The van der Waals surface area contributed by atoms with Crippen LogP contribution in [0.5, 0.6) is 0 Å². The van der Waals surface area contributed by atoms with Crippen molar-refractivity contribution in [2.45, 2.75) is 10.5 Å². The molecule has 5 heteroatoms. The summed E-state index contributed by atoms with van der Waals surface area (Å²) in [6.45, 7) is 0. The van der Waals surface area contributed by atoms with Gasteiger partial charge in [0.1, 0.15) is 0 Å². The number of rotatable bonds is 5. The van der Waals surface area contributed by atoms with Gasteiger partial charge in [-0.25, -0.2) is 0 Å². The Kier molecular flexibility index (Phi) is 4.58. The average Bonchev–Trinajstić information content (AvgIpc) is 2.66. The predicted octanol–water partition coefficient (Wildman–Crippen LogP) is 1.47. The molecule has 1 atom stereocenters. The first-order valence-electron chi connectivity index (χ1n) is 3.75. The Labute approximate surface area is 84.1 Å². The van der Waals surface area contributed by atoms with E-state index in [4.69, 9.17) is 9.47 Å². The zero-order valence-corrected chi connectivity index (χ0v) is 9.19. The van der Waals surface area contributed by atoms with E-state index < -0.39 is 10.8 Å². The maximum atomic E-state index is 11.6. The zero-order valence-electron chi connectivity index (χ0n) is 7.56. The van der Waals surface area contributed by atoms with Crippen LogP contribution in [0.2, 0.25) is 0 Å². The molecule has 0 bridgehead atoms. The van der Waals surface area contributed by atoms with Crippen molar-refractivity contribution in [1.29, 1.82) is 0 Å². The molecule has 1 heterocycles. The van der Waals surface area contributed by atoms with E-state index in [1.54, 1.807) is 14.2 Å². The fourth-order valence-electron chi connectivity index (χ4n) is 0.831. The van der Waals surface area contributed by atoms with E-state index >= 15 is 0 Å². The molecule has 0 aliphatic rings. The van der Waals surface area contributed by atoms with Crippen LogP contribution in [0.1, 0.15) is 0 Å². The van der Waals surface area contributed by atoms with Gasteiger partial charge in [0.2, 0.25) is 0 Å². The monoisotopic (exact) mass is 220 g/mol. The molecule has 0 saturated carbocycles. The molecule has 0 aliphatic carbocycles. The number of hydrogen-bond acceptors (Lipinski definition) is 4. The minimum atomic E-state index is -1.01. The lowest BCUT2D eigenvalue weighted by molar-refractivity contribution is -0.0847. The second-order valence-electron chi connectivity index (χ2n) is 2.35. The van der Waals surface area contributed by atoms with Crippen molar-refractivity contribution in [3.8, 4) is 0 Å². The smallest absolute Gasteiger partial charge is 0.168 e. The van der Waals surface area contributed by atoms with Gasteiger partial charge in [-0.05, 0) is 11.4 Å². The molecular formula is C8H12O3S2. The Balaban J connectivity index is 2.50. The molecular weight excluding hydrogens is 208 g/mol. The maximum absolute atomic E-state index is 11.6. The summed E-state index contributed by atoms with van der Waals surface area (Å²) >= 11 is 1.48. The largest absolute Gasteiger partial charge is 0.355 e. The second kappa shape index (κ2) is 5.49. The van der Waals surface area contributed by atoms with E-state index in [0.29, 0.717) is 5.75 Å². The van der Waals surface area contributed by atoms with Crippen molar-refractivity contribution in [3.63, 3.8) is 0 Å². The quantitative estimate of drug-likeness (QED) is 0.705. The Hall–Kier alpha value is -0.230. The molecule has 1 unspecified atom stereocenters. The third-order valence-corrected chi connectivity index (χ3v) is 4.20. The molecule has 0 aliphatic heterocycles. The van der Waals surface area contributed by atoms with Gasteiger partial charge in [0.15, 0.2) is 6.29 Å². The standard InChI is InChI=1S/C8H12O3S2/c1-10-7(11-2)6-13(9)8-4-3-5-12-8/h3-5,7H,6H2,1-2H3. The molecule has 1 rings (SSSR count). The maximum Gasteiger partial charge on any atom is 0.168 e. The van der Waals surface area contributed by atoms with Crippen molar-refractivity contribution < 1.29 is 13.7 Å². The first-order valence-corrected chi connectivity index (χ1v) is 5.95. The fraction of sp³-hybridized carbons (Fsp3) is 0.500. The summed E-state index contributed by atoms with van der Waals surface area (Å²) in [5.74, 6) is 0.382. The molecule has 1 aromatic heterocycles. The molecule has 1 aromatic rings. The van der Waals surface area contributed by atoms with Gasteiger partial charge < -0.3 is 9.47 Å². The minimum absolute atomic E-state index is 0.382. The summed E-state index contributed by atoms with van der Waals surface area (Å²) in [5.41, 5.74) is 0. The number of thiophene rings is 1. The van der Waals surface area contributed by atoms with Crippen molar-refractivity contribution in [2.24, 2.45) is 0 Å². The topological polar surface area (TPSA) is 35.5 Å². The summed E-state index contributed by atoms with van der Waals surface area (Å²) in [7, 11) is 2.07. The highest BCUT2D eigenvalue weighted by Crippen LogP contribution is 2.15. The van der Waals surface area contributed by atoms with Gasteiger partial charge in [-0.3, -0.25) is 4.21 Å². The zero-order chi connectivity index (χ0) is 9.68. The molecule has 0 spiro atoms. The lowest BCUT2D eigenvalue weighted by atomic mass is 10.7. The van der Waals surface area contributed by atoms with Crippen LogP contribution in [0.3, 0.4) is 0 Å². The SMILES string of the molecule is COC(CS(=O)c1cccs1)OC. The van der Waals surface area contributed by atoms with Gasteiger partial charge in [-0.2, -0.15) is 0 Å². The summed E-state index contributed by atoms with van der Waals surface area (Å²) < 4.78 is 22.4. The minimum Gasteiger partial charge on any atom is -0.355 e. The van der Waals surface area contributed by atoms with E-state index in [9.17, 15) is 4.21 Å². The molecule has 3 nitrogen and oxygen atoms in total. The van der Waals surface area contributed by atoms with Crippen LogP contribution in [0.25, 0.3) is 0 Å². The van der Waals surface area contributed by atoms with Crippen LogP contribution in [-0.4, -0.2) is 30.5 Å². The van der Waals surface area contributed by atoms with E-state index in [0.717, 1.165) is 4.21 Å². The van der Waals surface area contributed by atoms with Gasteiger partial charge in [0.25, 0.3) is 0 Å². The third kappa shape index (κ3) is 3.19. The van der Waals surface area contributed by atoms with E-state index in [1.165, 1.54) is 11.3 Å². The highest BCUT2D eigenvalue weighted by Gasteiger charge is 2.12. The van der Waals surface area contributed by atoms with E-state index in [-0.39, 0.29) is 6.29 Å².